The number of amides is 2. The van der Waals surface area contributed by atoms with E-state index in [1.54, 1.807) is 0 Å². The lowest BCUT2D eigenvalue weighted by Crippen LogP contribution is -2.42. The monoisotopic (exact) mass is 325 g/mol. The van der Waals surface area contributed by atoms with E-state index >= 15 is 0 Å². The molecule has 0 atom stereocenters. The average molecular weight is 325 g/mol. The quantitative estimate of drug-likeness (QED) is 0.667. The average Bonchev–Trinajstić information content (AvgIpc) is 2.89. The Morgan fingerprint density at radius 1 is 1.29 bits per heavy atom. The summed E-state index contributed by atoms with van der Waals surface area (Å²) in [7, 11) is 0. The predicted molar refractivity (Wildman–Crippen MR) is 79.6 cm³/mol. The van der Waals surface area contributed by atoms with Gasteiger partial charge in [0.05, 0.1) is 5.75 Å². The number of rotatable bonds is 4. The third-order valence-electron chi connectivity index (χ3n) is 2.35. The Labute approximate surface area is 128 Å². The Morgan fingerprint density at radius 2 is 2.00 bits per heavy atom. The third kappa shape index (κ3) is 4.83. The smallest absolute Gasteiger partial charge is 0.269 e. The van der Waals surface area contributed by atoms with Gasteiger partial charge in [-0.05, 0) is 31.2 Å². The van der Waals surface area contributed by atoms with Crippen molar-refractivity contribution in [2.75, 3.05) is 5.75 Å². The van der Waals surface area contributed by atoms with Gasteiger partial charge in [0.15, 0.2) is 4.34 Å². The molecule has 2 N–H and O–H groups in total. The van der Waals surface area contributed by atoms with Crippen LogP contribution in [0.3, 0.4) is 0 Å². The maximum absolute atomic E-state index is 12.7. The fourth-order valence-electron chi connectivity index (χ4n) is 1.36. The Morgan fingerprint density at radius 3 is 2.62 bits per heavy atom. The number of hydrogen-bond donors (Lipinski definition) is 2. The van der Waals surface area contributed by atoms with Crippen LogP contribution in [-0.4, -0.2) is 22.6 Å². The second-order valence-corrected chi connectivity index (χ2v) is 6.13. The number of nitrogens with zero attached hydrogens (tertiary/aromatic N) is 1. The second-order valence-electron chi connectivity index (χ2n) is 4.05. The zero-order chi connectivity index (χ0) is 15.2. The third-order valence-corrected chi connectivity index (χ3v) is 4.49. The molecule has 5 nitrogen and oxygen atoms in total. The topological polar surface area (TPSA) is 71.1 Å². The van der Waals surface area contributed by atoms with Gasteiger partial charge in [0.1, 0.15) is 5.82 Å². The highest BCUT2D eigenvalue weighted by Crippen LogP contribution is 2.21. The molecule has 21 heavy (non-hydrogen) atoms. The number of hydrazine groups is 1. The molecule has 0 saturated heterocycles. The van der Waals surface area contributed by atoms with Crippen molar-refractivity contribution in [3.05, 3.63) is 46.7 Å². The molecule has 0 radical (unpaired) electrons. The van der Waals surface area contributed by atoms with E-state index in [0.29, 0.717) is 0 Å². The molecule has 0 spiro atoms. The number of carbonyl (C=O) groups is 2. The van der Waals surface area contributed by atoms with E-state index < -0.39 is 11.7 Å². The van der Waals surface area contributed by atoms with Crippen molar-refractivity contribution >= 4 is 34.9 Å². The summed E-state index contributed by atoms with van der Waals surface area (Å²) in [5, 5.41) is 1.90. The first-order valence-corrected chi connectivity index (χ1v) is 7.81. The van der Waals surface area contributed by atoms with E-state index in [2.05, 4.69) is 15.8 Å². The number of halogens is 1. The number of aryl methyl sites for hydroxylation is 1. The highest BCUT2D eigenvalue weighted by molar-refractivity contribution is 8.01. The van der Waals surface area contributed by atoms with E-state index in [0.717, 1.165) is 10.0 Å². The minimum atomic E-state index is -0.501. The normalized spacial score (nSPS) is 10.2. The Kier molecular flexibility index (Phi) is 5.29. The van der Waals surface area contributed by atoms with Gasteiger partial charge in [-0.1, -0.05) is 11.8 Å². The predicted octanol–water partition coefficient (Wildman–Crippen LogP) is 2.14. The van der Waals surface area contributed by atoms with Gasteiger partial charge in [-0.3, -0.25) is 20.4 Å². The maximum Gasteiger partial charge on any atom is 0.269 e. The minimum Gasteiger partial charge on any atom is -0.272 e. The van der Waals surface area contributed by atoms with E-state index in [4.69, 9.17) is 0 Å². The van der Waals surface area contributed by atoms with Gasteiger partial charge in [0, 0.05) is 16.6 Å². The summed E-state index contributed by atoms with van der Waals surface area (Å²) in [5.74, 6) is -1.12. The molecule has 0 fully saturated rings. The molecule has 110 valence electrons. The van der Waals surface area contributed by atoms with Gasteiger partial charge in [0.25, 0.3) is 5.91 Å². The summed E-state index contributed by atoms with van der Waals surface area (Å²) in [5.41, 5.74) is 5.74. The lowest BCUT2D eigenvalue weighted by Gasteiger charge is -2.06. The van der Waals surface area contributed by atoms with Crippen molar-refractivity contribution in [3.63, 3.8) is 0 Å². The van der Waals surface area contributed by atoms with Gasteiger partial charge in [-0.15, -0.1) is 11.3 Å². The molecule has 1 heterocycles. The maximum atomic E-state index is 12.7. The first-order chi connectivity index (χ1) is 10.0. The second kappa shape index (κ2) is 7.19. The van der Waals surface area contributed by atoms with Gasteiger partial charge >= 0.3 is 0 Å². The van der Waals surface area contributed by atoms with E-state index in [9.17, 15) is 14.0 Å². The SMILES string of the molecule is Cc1csc(SCC(=O)NNC(=O)c2ccc(F)cc2)n1. The molecule has 1 aromatic heterocycles. The molecule has 1 aromatic carbocycles. The van der Waals surface area contributed by atoms with Crippen molar-refractivity contribution in [1.29, 1.82) is 0 Å². The standard InChI is InChI=1S/C13H12FN3O2S2/c1-8-6-20-13(15-8)21-7-11(18)16-17-12(19)9-2-4-10(14)5-3-9/h2-6H,7H2,1H3,(H,16,18)(H,17,19). The van der Waals surface area contributed by atoms with Crippen LogP contribution in [0.2, 0.25) is 0 Å². The van der Waals surface area contributed by atoms with Crippen molar-refractivity contribution in [2.45, 2.75) is 11.3 Å². The van der Waals surface area contributed by atoms with Crippen LogP contribution in [0.15, 0.2) is 34.0 Å². The summed E-state index contributed by atoms with van der Waals surface area (Å²) in [6, 6.07) is 5.03. The molecule has 0 aliphatic carbocycles. The van der Waals surface area contributed by atoms with Crippen LogP contribution in [0.1, 0.15) is 16.1 Å². The zero-order valence-corrected chi connectivity index (χ0v) is 12.7. The van der Waals surface area contributed by atoms with Crippen molar-refractivity contribution in [3.8, 4) is 0 Å². The van der Waals surface area contributed by atoms with Crippen molar-refractivity contribution < 1.29 is 14.0 Å². The van der Waals surface area contributed by atoms with Crippen LogP contribution < -0.4 is 10.9 Å². The van der Waals surface area contributed by atoms with Crippen LogP contribution in [-0.2, 0) is 4.79 Å². The number of thioether (sulfide) groups is 1. The van der Waals surface area contributed by atoms with Crippen LogP contribution in [0.25, 0.3) is 0 Å². The van der Waals surface area contributed by atoms with Gasteiger partial charge < -0.3 is 0 Å². The first kappa shape index (κ1) is 15.5. The van der Waals surface area contributed by atoms with Gasteiger partial charge in [-0.25, -0.2) is 9.37 Å². The first-order valence-electron chi connectivity index (χ1n) is 5.94. The fourth-order valence-corrected chi connectivity index (χ4v) is 3.01. The van der Waals surface area contributed by atoms with Crippen molar-refractivity contribution in [2.24, 2.45) is 0 Å². The molecule has 2 rings (SSSR count). The summed E-state index contributed by atoms with van der Waals surface area (Å²) in [6.45, 7) is 1.88. The molecule has 0 saturated carbocycles. The highest BCUT2D eigenvalue weighted by atomic mass is 32.2. The Balaban J connectivity index is 1.75. The zero-order valence-electron chi connectivity index (χ0n) is 11.1. The van der Waals surface area contributed by atoms with Crippen LogP contribution in [0, 0.1) is 12.7 Å². The molecule has 2 amide bonds. The summed E-state index contributed by atoms with van der Waals surface area (Å²) in [4.78, 5) is 27.5. The lowest BCUT2D eigenvalue weighted by atomic mass is 10.2. The summed E-state index contributed by atoms with van der Waals surface area (Å²) >= 11 is 2.76. The van der Waals surface area contributed by atoms with Gasteiger partial charge in [0.2, 0.25) is 5.91 Å². The van der Waals surface area contributed by atoms with E-state index in [1.807, 2.05) is 12.3 Å². The largest absolute Gasteiger partial charge is 0.272 e. The van der Waals surface area contributed by atoms with E-state index in [-0.39, 0.29) is 17.2 Å². The Hall–Kier alpha value is -1.93. The highest BCUT2D eigenvalue weighted by Gasteiger charge is 2.09. The molecule has 8 heteroatoms. The molecular formula is C13H12FN3O2S2. The number of carbonyl (C=O) groups excluding carboxylic acids is 2. The van der Waals surface area contributed by atoms with Crippen LogP contribution in [0.4, 0.5) is 4.39 Å². The van der Waals surface area contributed by atoms with E-state index in [1.165, 1.54) is 47.4 Å². The summed E-state index contributed by atoms with van der Waals surface area (Å²) in [6.07, 6.45) is 0. The lowest BCUT2D eigenvalue weighted by molar-refractivity contribution is -0.119. The number of nitrogens with one attached hydrogen (secondary N) is 2. The molecule has 0 bridgehead atoms. The van der Waals surface area contributed by atoms with Crippen LogP contribution >= 0.6 is 23.1 Å². The van der Waals surface area contributed by atoms with Crippen molar-refractivity contribution in [1.82, 2.24) is 15.8 Å². The fraction of sp³-hybridized carbons (Fsp3) is 0.154. The Bertz CT molecular complexity index is 643. The molecule has 0 aliphatic rings. The number of aromatic nitrogens is 1. The molecule has 0 unspecified atom stereocenters. The molecule has 0 aliphatic heterocycles. The molecule has 2 aromatic rings. The molecular weight excluding hydrogens is 313 g/mol. The minimum absolute atomic E-state index is 0.149. The summed E-state index contributed by atoms with van der Waals surface area (Å²) < 4.78 is 13.5. The van der Waals surface area contributed by atoms with Crippen LogP contribution in [0.5, 0.6) is 0 Å². The number of thiazole rings is 1. The number of benzene rings is 1. The van der Waals surface area contributed by atoms with Gasteiger partial charge in [-0.2, -0.15) is 0 Å². The number of hydrogen-bond acceptors (Lipinski definition) is 5.